The van der Waals surface area contributed by atoms with Crippen molar-refractivity contribution in [2.24, 2.45) is 0 Å². The molecule has 0 heterocycles. The first-order valence-electron chi connectivity index (χ1n) is 7.20. The minimum atomic E-state index is -1.67. The Morgan fingerprint density at radius 3 is 1.67 bits per heavy atom. The van der Waals surface area contributed by atoms with Gasteiger partial charge >= 0.3 is 17.9 Å². The minimum Gasteiger partial charge on any atom is -0.481 e. The van der Waals surface area contributed by atoms with Gasteiger partial charge in [-0.25, -0.2) is 4.21 Å². The van der Waals surface area contributed by atoms with E-state index in [1.165, 1.54) is 14.2 Å². The van der Waals surface area contributed by atoms with Gasteiger partial charge in [-0.1, -0.05) is 6.08 Å². The number of rotatable bonds is 7. The number of carbonyl (C=O) groups excluding carboxylic acids is 2. The molecule has 0 aromatic heterocycles. The summed E-state index contributed by atoms with van der Waals surface area (Å²) >= 11 is 0. The zero-order chi connectivity index (χ0) is 22.1. The second-order valence-electron chi connectivity index (χ2n) is 3.97. The van der Waals surface area contributed by atoms with E-state index in [0.717, 1.165) is 0 Å². The molecule has 0 radical (unpaired) electrons. The fraction of sp³-hybridized carbons (Fsp3) is 0.471. The minimum absolute atomic E-state index is 0.0799. The normalized spacial score (nSPS) is 7.81. The van der Waals surface area contributed by atoms with Crippen LogP contribution >= 0.6 is 21.4 Å². The van der Waals surface area contributed by atoms with E-state index in [9.17, 15) is 14.4 Å². The van der Waals surface area contributed by atoms with Crippen LogP contribution in [0, 0.1) is 24.7 Å². The molecule has 0 aliphatic heterocycles. The second-order valence-corrected chi connectivity index (χ2v) is 6.49. The molecule has 10 heteroatoms. The molecule has 0 aliphatic carbocycles. The second kappa shape index (κ2) is 28.8. The molecule has 1 N–H and O–H groups in total. The van der Waals surface area contributed by atoms with Gasteiger partial charge in [0.1, 0.15) is 0 Å². The van der Waals surface area contributed by atoms with Gasteiger partial charge < -0.3 is 14.6 Å². The van der Waals surface area contributed by atoms with E-state index < -0.39 is 15.2 Å². The number of hydrogen-bond donors (Lipinski definition) is 1. The number of ether oxygens (including phenoxy) is 2. The van der Waals surface area contributed by atoms with Gasteiger partial charge in [0.15, 0.2) is 0 Å². The van der Waals surface area contributed by atoms with Crippen LogP contribution in [0.15, 0.2) is 12.7 Å². The highest BCUT2D eigenvalue weighted by Crippen LogP contribution is 1.90. The lowest BCUT2D eigenvalue weighted by Crippen LogP contribution is -1.97. The molecule has 0 aliphatic rings. The summed E-state index contributed by atoms with van der Waals surface area (Å²) in [6, 6.07) is 0. The average molecular weight is 443 g/mol. The number of allylic oxidation sites excluding steroid dienone is 1. The van der Waals surface area contributed by atoms with Crippen molar-refractivity contribution in [3.05, 3.63) is 12.7 Å². The van der Waals surface area contributed by atoms with E-state index in [4.69, 9.17) is 22.2 Å². The van der Waals surface area contributed by atoms with Crippen molar-refractivity contribution in [3.8, 4) is 24.7 Å². The van der Waals surface area contributed by atoms with Gasteiger partial charge in [0.25, 0.3) is 0 Å². The van der Waals surface area contributed by atoms with Gasteiger partial charge in [0.2, 0.25) is 9.23 Å². The molecule has 0 rings (SSSR count). The summed E-state index contributed by atoms with van der Waals surface area (Å²) in [5, 5.41) is 7.95. The molecule has 0 aromatic rings. The predicted octanol–water partition coefficient (Wildman–Crippen LogP) is 3.23. The molecule has 27 heavy (non-hydrogen) atoms. The lowest BCUT2D eigenvalue weighted by molar-refractivity contribution is -0.141. The first-order chi connectivity index (χ1) is 12.6. The zero-order valence-electron chi connectivity index (χ0n) is 15.2. The molecular formula is C17H24Cl2O7S. The highest BCUT2D eigenvalue weighted by molar-refractivity contribution is 8.26. The van der Waals surface area contributed by atoms with E-state index in [1.54, 1.807) is 6.08 Å². The van der Waals surface area contributed by atoms with Gasteiger partial charge in [-0.3, -0.25) is 14.4 Å². The Morgan fingerprint density at radius 1 is 1.04 bits per heavy atom. The zero-order valence-corrected chi connectivity index (χ0v) is 17.6. The topological polar surface area (TPSA) is 107 Å². The number of carboxylic acid groups (broad SMARTS) is 1. The molecule has 0 fully saturated rings. The van der Waals surface area contributed by atoms with Crippen LogP contribution in [0.3, 0.4) is 0 Å². The number of terminal acetylenes is 2. The number of carbonyl (C=O) groups is 3. The third-order valence-corrected chi connectivity index (χ3v) is 1.96. The van der Waals surface area contributed by atoms with Gasteiger partial charge in [-0.2, -0.15) is 0 Å². The Bertz CT molecular complexity index is 518. The van der Waals surface area contributed by atoms with E-state index in [1.807, 2.05) is 0 Å². The largest absolute Gasteiger partial charge is 0.481 e. The third-order valence-electron chi connectivity index (χ3n) is 1.96. The molecule has 0 atom stereocenters. The van der Waals surface area contributed by atoms with Gasteiger partial charge in [0, 0.05) is 40.6 Å². The highest BCUT2D eigenvalue weighted by Gasteiger charge is 1.94. The molecule has 0 aromatic carbocycles. The van der Waals surface area contributed by atoms with Crippen LogP contribution in [0.4, 0.5) is 0 Å². The Labute approximate surface area is 171 Å². The Hall–Kier alpha value is -2.00. The van der Waals surface area contributed by atoms with Crippen LogP contribution < -0.4 is 0 Å². The van der Waals surface area contributed by atoms with Gasteiger partial charge in [0.05, 0.1) is 27.1 Å². The van der Waals surface area contributed by atoms with E-state index in [0.29, 0.717) is 32.1 Å². The number of carboxylic acids is 1. The van der Waals surface area contributed by atoms with Crippen molar-refractivity contribution in [1.82, 2.24) is 0 Å². The smallest absolute Gasteiger partial charge is 0.306 e. The lowest BCUT2D eigenvalue weighted by Gasteiger charge is -1.91. The molecule has 154 valence electrons. The predicted molar refractivity (Wildman–Crippen MR) is 107 cm³/mol. The maximum Gasteiger partial charge on any atom is 0.306 e. The Morgan fingerprint density at radius 2 is 1.41 bits per heavy atom. The van der Waals surface area contributed by atoms with Crippen LogP contribution in [-0.4, -0.2) is 41.4 Å². The van der Waals surface area contributed by atoms with Crippen molar-refractivity contribution < 1.29 is 33.2 Å². The van der Waals surface area contributed by atoms with E-state index in [-0.39, 0.29) is 18.4 Å². The number of halogens is 2. The van der Waals surface area contributed by atoms with Crippen molar-refractivity contribution in [1.29, 1.82) is 0 Å². The molecular weight excluding hydrogens is 419 g/mol. The Balaban J connectivity index is -0.000000134. The van der Waals surface area contributed by atoms with Crippen LogP contribution in [0.5, 0.6) is 0 Å². The van der Waals surface area contributed by atoms with E-state index >= 15 is 0 Å². The summed E-state index contributed by atoms with van der Waals surface area (Å²) in [5.41, 5.74) is 0. The molecule has 0 unspecified atom stereocenters. The summed E-state index contributed by atoms with van der Waals surface area (Å²) in [5.74, 6) is 3.29. The quantitative estimate of drug-likeness (QED) is 0.279. The van der Waals surface area contributed by atoms with Crippen molar-refractivity contribution in [2.45, 2.75) is 38.5 Å². The molecule has 0 saturated heterocycles. The summed E-state index contributed by atoms with van der Waals surface area (Å²) in [7, 11) is 10.1. The third kappa shape index (κ3) is 59.3. The average Bonchev–Trinajstić information content (AvgIpc) is 2.62. The SMILES string of the molecule is C#CCCC(=O)O.C#CCCC(=O)OC.C=CCCC(=O)OC.O=S(Cl)Cl. The number of hydrogen-bond acceptors (Lipinski definition) is 6. The van der Waals surface area contributed by atoms with Crippen molar-refractivity contribution in [3.63, 3.8) is 0 Å². The molecule has 0 amide bonds. The van der Waals surface area contributed by atoms with Crippen LogP contribution in [0.2, 0.25) is 0 Å². The fourth-order valence-corrected chi connectivity index (χ4v) is 0.777. The van der Waals surface area contributed by atoms with Gasteiger partial charge in [-0.05, 0) is 6.42 Å². The summed E-state index contributed by atoms with van der Waals surface area (Å²) in [4.78, 5) is 30.2. The molecule has 0 bridgehead atoms. The van der Waals surface area contributed by atoms with Crippen molar-refractivity contribution >= 4 is 48.5 Å². The maximum absolute atomic E-state index is 10.3. The van der Waals surface area contributed by atoms with Crippen LogP contribution in [0.25, 0.3) is 0 Å². The summed E-state index contributed by atoms with van der Waals surface area (Å²) in [6.07, 6.45) is 13.7. The lowest BCUT2D eigenvalue weighted by atomic mass is 10.3. The molecule has 0 spiro atoms. The summed E-state index contributed by atoms with van der Waals surface area (Å²) in [6.45, 7) is 3.46. The van der Waals surface area contributed by atoms with E-state index in [2.05, 4.69) is 49.3 Å². The number of aliphatic carboxylic acids is 1. The highest BCUT2D eigenvalue weighted by atomic mass is 36.0. The number of esters is 2. The molecule has 0 saturated carbocycles. The first kappa shape index (κ1) is 32.7. The standard InChI is InChI=1S/C6H10O2.C6H8O2.C5H6O2.Cl2OS/c2*1-3-4-5-6(7)8-2;1-2-3-4-5(6)7;1-4(2)3/h3H,1,4-5H2,2H3;1H,4-5H2,2H3;1H,3-4H2,(H,6,7);. The van der Waals surface area contributed by atoms with Crippen LogP contribution in [0.1, 0.15) is 38.5 Å². The number of methoxy groups -OCH3 is 2. The molecule has 7 nitrogen and oxygen atoms in total. The Kier molecular flexibility index (Phi) is 34.8. The summed E-state index contributed by atoms with van der Waals surface area (Å²) < 4.78 is 17.8. The van der Waals surface area contributed by atoms with Crippen LogP contribution in [-0.2, 0) is 33.1 Å². The van der Waals surface area contributed by atoms with Crippen molar-refractivity contribution in [2.75, 3.05) is 14.2 Å². The monoisotopic (exact) mass is 442 g/mol. The van der Waals surface area contributed by atoms with Gasteiger partial charge in [-0.15, -0.1) is 31.3 Å². The maximum atomic E-state index is 10.3. The first-order valence-corrected chi connectivity index (χ1v) is 10.00. The fourth-order valence-electron chi connectivity index (χ4n) is 0.777.